The number of phenols is 2. The Balaban J connectivity index is 2.93. The standard InChI is InChI=1S/C12H16N2O4/c1-3-14(7-11(17)13-2)12(18)9-5-4-8(15)6-10(9)16/h4-6,15-16H,3,7H2,1-2H3,(H,13,17). The molecular weight excluding hydrogens is 236 g/mol. The summed E-state index contributed by atoms with van der Waals surface area (Å²) in [6.45, 7) is 2.00. The Morgan fingerprint density at radius 1 is 1.33 bits per heavy atom. The fraction of sp³-hybridized carbons (Fsp3) is 0.333. The number of likely N-dealkylation sites (N-methyl/N-ethyl adjacent to an activating group) is 2. The highest BCUT2D eigenvalue weighted by Crippen LogP contribution is 2.23. The van der Waals surface area contributed by atoms with E-state index in [4.69, 9.17) is 5.11 Å². The molecular formula is C12H16N2O4. The zero-order valence-corrected chi connectivity index (χ0v) is 10.3. The van der Waals surface area contributed by atoms with Crippen LogP contribution in [0.5, 0.6) is 11.5 Å². The fourth-order valence-corrected chi connectivity index (χ4v) is 1.45. The molecule has 6 nitrogen and oxygen atoms in total. The first kappa shape index (κ1) is 13.8. The molecule has 6 heteroatoms. The quantitative estimate of drug-likeness (QED) is 0.719. The van der Waals surface area contributed by atoms with Crippen LogP contribution < -0.4 is 5.32 Å². The summed E-state index contributed by atoms with van der Waals surface area (Å²) in [5.41, 5.74) is 0.0542. The number of benzene rings is 1. The number of hydrogen-bond acceptors (Lipinski definition) is 4. The van der Waals surface area contributed by atoms with Crippen LogP contribution in [0.25, 0.3) is 0 Å². The van der Waals surface area contributed by atoms with Crippen molar-refractivity contribution in [3.8, 4) is 11.5 Å². The Morgan fingerprint density at radius 3 is 2.50 bits per heavy atom. The molecule has 0 radical (unpaired) electrons. The maximum Gasteiger partial charge on any atom is 0.258 e. The first-order valence-electron chi connectivity index (χ1n) is 5.51. The van der Waals surface area contributed by atoms with Crippen LogP contribution in [0.15, 0.2) is 18.2 Å². The summed E-state index contributed by atoms with van der Waals surface area (Å²) in [6, 6.07) is 3.71. The molecule has 0 fully saturated rings. The molecule has 1 aromatic rings. The predicted molar refractivity (Wildman–Crippen MR) is 65.4 cm³/mol. The molecule has 0 aromatic heterocycles. The molecule has 0 unspecified atom stereocenters. The monoisotopic (exact) mass is 252 g/mol. The van der Waals surface area contributed by atoms with Gasteiger partial charge < -0.3 is 20.4 Å². The van der Waals surface area contributed by atoms with Crippen molar-refractivity contribution in [2.75, 3.05) is 20.1 Å². The minimum Gasteiger partial charge on any atom is -0.508 e. The van der Waals surface area contributed by atoms with Gasteiger partial charge in [-0.25, -0.2) is 0 Å². The van der Waals surface area contributed by atoms with E-state index >= 15 is 0 Å². The van der Waals surface area contributed by atoms with Crippen LogP contribution in [0.4, 0.5) is 0 Å². The minimum absolute atomic E-state index is 0.0542. The smallest absolute Gasteiger partial charge is 0.258 e. The van der Waals surface area contributed by atoms with E-state index in [2.05, 4.69) is 5.32 Å². The van der Waals surface area contributed by atoms with Crippen LogP contribution in [0.2, 0.25) is 0 Å². The third-order valence-electron chi connectivity index (χ3n) is 2.49. The topological polar surface area (TPSA) is 89.9 Å². The number of carbonyl (C=O) groups is 2. The van der Waals surface area contributed by atoms with Gasteiger partial charge in [0, 0.05) is 19.7 Å². The second-order valence-corrected chi connectivity index (χ2v) is 3.69. The lowest BCUT2D eigenvalue weighted by atomic mass is 10.1. The summed E-state index contributed by atoms with van der Waals surface area (Å²) in [5, 5.41) is 21.2. The minimum atomic E-state index is -0.460. The van der Waals surface area contributed by atoms with Gasteiger partial charge in [-0.2, -0.15) is 0 Å². The van der Waals surface area contributed by atoms with Crippen molar-refractivity contribution < 1.29 is 19.8 Å². The Hall–Kier alpha value is -2.24. The van der Waals surface area contributed by atoms with Gasteiger partial charge in [0.05, 0.1) is 12.1 Å². The summed E-state index contributed by atoms with van der Waals surface area (Å²) in [6.07, 6.45) is 0. The van der Waals surface area contributed by atoms with Gasteiger partial charge in [0.2, 0.25) is 5.91 Å². The molecule has 18 heavy (non-hydrogen) atoms. The highest BCUT2D eigenvalue weighted by Gasteiger charge is 2.19. The summed E-state index contributed by atoms with van der Waals surface area (Å²) in [7, 11) is 1.48. The van der Waals surface area contributed by atoms with E-state index < -0.39 is 5.91 Å². The van der Waals surface area contributed by atoms with Crippen molar-refractivity contribution in [2.24, 2.45) is 0 Å². The van der Waals surface area contributed by atoms with Crippen LogP contribution in [0.3, 0.4) is 0 Å². The molecule has 0 atom stereocenters. The van der Waals surface area contributed by atoms with E-state index in [1.54, 1.807) is 6.92 Å². The number of rotatable bonds is 4. The van der Waals surface area contributed by atoms with Crippen LogP contribution >= 0.6 is 0 Å². The average Bonchev–Trinajstić information content (AvgIpc) is 2.34. The van der Waals surface area contributed by atoms with Crippen LogP contribution in [-0.2, 0) is 4.79 Å². The number of phenolic OH excluding ortho intramolecular Hbond substituents is 2. The molecule has 0 aliphatic carbocycles. The second-order valence-electron chi connectivity index (χ2n) is 3.69. The van der Waals surface area contributed by atoms with Crippen LogP contribution in [0, 0.1) is 0 Å². The van der Waals surface area contributed by atoms with Gasteiger partial charge in [-0.3, -0.25) is 9.59 Å². The molecule has 0 heterocycles. The van der Waals surface area contributed by atoms with E-state index in [9.17, 15) is 14.7 Å². The highest BCUT2D eigenvalue weighted by molar-refractivity contribution is 5.98. The summed E-state index contributed by atoms with van der Waals surface area (Å²) < 4.78 is 0. The fourth-order valence-electron chi connectivity index (χ4n) is 1.45. The van der Waals surface area contributed by atoms with Gasteiger partial charge in [-0.05, 0) is 19.1 Å². The molecule has 98 valence electrons. The van der Waals surface area contributed by atoms with Crippen molar-refractivity contribution in [2.45, 2.75) is 6.92 Å². The molecule has 0 spiro atoms. The second kappa shape index (κ2) is 5.90. The van der Waals surface area contributed by atoms with Crippen molar-refractivity contribution in [1.29, 1.82) is 0 Å². The number of hydrogen-bond donors (Lipinski definition) is 3. The third-order valence-corrected chi connectivity index (χ3v) is 2.49. The van der Waals surface area contributed by atoms with Crippen LogP contribution in [-0.4, -0.2) is 47.1 Å². The molecule has 0 bridgehead atoms. The van der Waals surface area contributed by atoms with Crippen molar-refractivity contribution in [1.82, 2.24) is 10.2 Å². The van der Waals surface area contributed by atoms with E-state index in [1.165, 1.54) is 24.1 Å². The summed E-state index contributed by atoms with van der Waals surface area (Å²) in [5.74, 6) is -1.18. The zero-order valence-electron chi connectivity index (χ0n) is 10.3. The molecule has 2 amide bonds. The van der Waals surface area contributed by atoms with Gasteiger partial charge in [-0.15, -0.1) is 0 Å². The molecule has 0 aliphatic heterocycles. The molecule has 1 aromatic carbocycles. The lowest BCUT2D eigenvalue weighted by Crippen LogP contribution is -2.39. The molecule has 0 saturated heterocycles. The number of carbonyl (C=O) groups excluding carboxylic acids is 2. The van der Waals surface area contributed by atoms with Gasteiger partial charge in [0.25, 0.3) is 5.91 Å². The van der Waals surface area contributed by atoms with Gasteiger partial charge in [0.1, 0.15) is 11.5 Å². The first-order chi connectivity index (χ1) is 8.49. The number of nitrogens with zero attached hydrogens (tertiary/aromatic N) is 1. The molecule has 0 saturated carbocycles. The van der Waals surface area contributed by atoms with E-state index in [0.29, 0.717) is 6.54 Å². The zero-order chi connectivity index (χ0) is 13.7. The first-order valence-corrected chi connectivity index (χ1v) is 5.51. The van der Waals surface area contributed by atoms with Gasteiger partial charge in [0.15, 0.2) is 0 Å². The molecule has 0 aliphatic rings. The maximum absolute atomic E-state index is 12.1. The van der Waals surface area contributed by atoms with Crippen LogP contribution in [0.1, 0.15) is 17.3 Å². The Morgan fingerprint density at radius 2 is 2.00 bits per heavy atom. The third kappa shape index (κ3) is 3.13. The summed E-state index contributed by atoms with van der Waals surface area (Å²) in [4.78, 5) is 24.6. The predicted octanol–water partition coefficient (Wildman–Crippen LogP) is 0.306. The normalized spacial score (nSPS) is 9.89. The maximum atomic E-state index is 12.1. The number of amides is 2. The number of nitrogens with one attached hydrogen (secondary N) is 1. The molecule has 3 N–H and O–H groups in total. The van der Waals surface area contributed by atoms with Gasteiger partial charge in [-0.1, -0.05) is 0 Å². The van der Waals surface area contributed by atoms with Crippen molar-refractivity contribution >= 4 is 11.8 Å². The Labute approximate surface area is 105 Å². The lowest BCUT2D eigenvalue weighted by molar-refractivity contribution is -0.121. The lowest BCUT2D eigenvalue weighted by Gasteiger charge is -2.20. The SMILES string of the molecule is CCN(CC(=O)NC)C(=O)c1ccc(O)cc1O. The van der Waals surface area contributed by atoms with Crippen molar-refractivity contribution in [3.63, 3.8) is 0 Å². The van der Waals surface area contributed by atoms with E-state index in [-0.39, 0.29) is 29.5 Å². The van der Waals surface area contributed by atoms with Crippen molar-refractivity contribution in [3.05, 3.63) is 23.8 Å². The van der Waals surface area contributed by atoms with E-state index in [0.717, 1.165) is 6.07 Å². The Kier molecular flexibility index (Phi) is 4.53. The number of aromatic hydroxyl groups is 2. The Bertz CT molecular complexity index is 459. The average molecular weight is 252 g/mol. The van der Waals surface area contributed by atoms with Gasteiger partial charge >= 0.3 is 0 Å². The largest absolute Gasteiger partial charge is 0.508 e. The highest BCUT2D eigenvalue weighted by atomic mass is 16.3. The van der Waals surface area contributed by atoms with E-state index in [1.807, 2.05) is 0 Å². The summed E-state index contributed by atoms with van der Waals surface area (Å²) >= 11 is 0. The molecule has 1 rings (SSSR count).